The average molecular weight is 387 g/mol. The molecule has 0 aliphatic rings. The molecule has 0 aliphatic carbocycles. The fourth-order valence-electron chi connectivity index (χ4n) is 2.49. The summed E-state index contributed by atoms with van der Waals surface area (Å²) in [5.41, 5.74) is 6.03. The minimum Gasteiger partial charge on any atom is -0.395 e. The number of nitrogens with two attached hydrogens (primary N) is 1. The zero-order chi connectivity index (χ0) is 18.6. The molecule has 0 aliphatic heterocycles. The van der Waals surface area contributed by atoms with Gasteiger partial charge in [0, 0.05) is 12.7 Å². The van der Waals surface area contributed by atoms with E-state index in [4.69, 9.17) is 22.1 Å². The van der Waals surface area contributed by atoms with Gasteiger partial charge in [0.05, 0.1) is 22.2 Å². The van der Waals surface area contributed by atoms with Crippen LogP contribution in [0.25, 0.3) is 0 Å². The SMILES string of the molecule is CCCS(=O)(=O)N(c1ccc(F)c(N)c1Cl)C(OC)c1ccccc1. The third-order valence-corrected chi connectivity index (χ3v) is 5.94. The Morgan fingerprint density at radius 2 is 1.88 bits per heavy atom. The number of anilines is 2. The number of benzene rings is 2. The molecular formula is C17H20ClFN2O3S. The lowest BCUT2D eigenvalue weighted by Crippen LogP contribution is -2.38. The van der Waals surface area contributed by atoms with Gasteiger partial charge in [0.15, 0.2) is 6.23 Å². The predicted octanol–water partition coefficient (Wildman–Crippen LogP) is 3.95. The topological polar surface area (TPSA) is 72.6 Å². The van der Waals surface area contributed by atoms with Gasteiger partial charge in [-0.2, -0.15) is 0 Å². The third kappa shape index (κ3) is 4.05. The van der Waals surface area contributed by atoms with Crippen LogP contribution in [0.2, 0.25) is 5.02 Å². The van der Waals surface area contributed by atoms with Crippen molar-refractivity contribution in [1.82, 2.24) is 0 Å². The molecule has 2 N–H and O–H groups in total. The van der Waals surface area contributed by atoms with E-state index in [0.717, 1.165) is 10.4 Å². The van der Waals surface area contributed by atoms with Gasteiger partial charge in [-0.1, -0.05) is 48.9 Å². The summed E-state index contributed by atoms with van der Waals surface area (Å²) in [6, 6.07) is 11.2. The second-order valence-corrected chi connectivity index (χ2v) is 7.75. The predicted molar refractivity (Wildman–Crippen MR) is 98.6 cm³/mol. The van der Waals surface area contributed by atoms with Crippen molar-refractivity contribution >= 4 is 33.0 Å². The Labute approximate surface area is 152 Å². The highest BCUT2D eigenvalue weighted by molar-refractivity contribution is 7.92. The molecule has 0 amide bonds. The molecule has 0 fully saturated rings. The molecule has 5 nitrogen and oxygen atoms in total. The van der Waals surface area contributed by atoms with Gasteiger partial charge >= 0.3 is 0 Å². The summed E-state index contributed by atoms with van der Waals surface area (Å²) >= 11 is 6.16. The van der Waals surface area contributed by atoms with E-state index >= 15 is 0 Å². The summed E-state index contributed by atoms with van der Waals surface area (Å²) in [4.78, 5) is 0. The molecule has 2 rings (SSSR count). The highest BCUT2D eigenvalue weighted by Gasteiger charge is 2.33. The molecule has 8 heteroatoms. The van der Waals surface area contributed by atoms with Gasteiger partial charge < -0.3 is 10.5 Å². The molecule has 0 saturated heterocycles. The van der Waals surface area contributed by atoms with Gasteiger partial charge in [-0.25, -0.2) is 17.1 Å². The molecule has 0 spiro atoms. The minimum atomic E-state index is -3.79. The Bertz CT molecular complexity index is 831. The molecule has 1 unspecified atom stereocenters. The lowest BCUT2D eigenvalue weighted by molar-refractivity contribution is 0.113. The van der Waals surface area contributed by atoms with Gasteiger partial charge in [-0.3, -0.25) is 0 Å². The van der Waals surface area contributed by atoms with Gasteiger partial charge in [0.1, 0.15) is 5.82 Å². The van der Waals surface area contributed by atoms with E-state index in [-0.39, 0.29) is 22.2 Å². The van der Waals surface area contributed by atoms with Crippen LogP contribution in [0, 0.1) is 5.82 Å². The Hall–Kier alpha value is -1.83. The monoisotopic (exact) mass is 386 g/mol. The number of hydrogen-bond acceptors (Lipinski definition) is 4. The highest BCUT2D eigenvalue weighted by Crippen LogP contribution is 2.39. The normalized spacial score (nSPS) is 12.8. The van der Waals surface area contributed by atoms with Crippen molar-refractivity contribution in [3.8, 4) is 0 Å². The molecular weight excluding hydrogens is 367 g/mol. The van der Waals surface area contributed by atoms with E-state index in [9.17, 15) is 12.8 Å². The molecule has 0 radical (unpaired) electrons. The number of nitrogen functional groups attached to an aromatic ring is 1. The van der Waals surface area contributed by atoms with Crippen LogP contribution in [-0.4, -0.2) is 21.3 Å². The first-order valence-corrected chi connectivity index (χ1v) is 9.65. The lowest BCUT2D eigenvalue weighted by atomic mass is 10.2. The van der Waals surface area contributed by atoms with Crippen molar-refractivity contribution in [3.05, 3.63) is 58.9 Å². The number of ether oxygens (including phenoxy) is 1. The molecule has 2 aromatic rings. The van der Waals surface area contributed by atoms with E-state index < -0.39 is 22.1 Å². The van der Waals surface area contributed by atoms with E-state index in [0.29, 0.717) is 12.0 Å². The second kappa shape index (κ2) is 8.03. The maximum atomic E-state index is 13.7. The van der Waals surface area contributed by atoms with Crippen molar-refractivity contribution < 1.29 is 17.5 Å². The molecule has 0 heterocycles. The molecule has 1 atom stereocenters. The van der Waals surface area contributed by atoms with E-state index in [1.54, 1.807) is 31.2 Å². The minimum absolute atomic E-state index is 0.0738. The lowest BCUT2D eigenvalue weighted by Gasteiger charge is -2.32. The van der Waals surface area contributed by atoms with Crippen LogP contribution < -0.4 is 10.0 Å². The molecule has 2 aromatic carbocycles. The van der Waals surface area contributed by atoms with Crippen LogP contribution in [-0.2, 0) is 14.8 Å². The number of rotatable bonds is 7. The van der Waals surface area contributed by atoms with Crippen molar-refractivity contribution in [3.63, 3.8) is 0 Å². The molecule has 25 heavy (non-hydrogen) atoms. The summed E-state index contributed by atoms with van der Waals surface area (Å²) in [6.07, 6.45) is -0.557. The Morgan fingerprint density at radius 3 is 2.44 bits per heavy atom. The number of nitrogens with zero attached hydrogens (tertiary/aromatic N) is 1. The largest absolute Gasteiger partial charge is 0.395 e. The maximum Gasteiger partial charge on any atom is 0.237 e. The van der Waals surface area contributed by atoms with Crippen LogP contribution in [0.3, 0.4) is 0 Å². The van der Waals surface area contributed by atoms with Gasteiger partial charge in [0.2, 0.25) is 10.0 Å². The van der Waals surface area contributed by atoms with Crippen molar-refractivity contribution in [2.45, 2.75) is 19.6 Å². The first kappa shape index (κ1) is 19.5. The summed E-state index contributed by atoms with van der Waals surface area (Å²) < 4.78 is 46.0. The number of hydrogen-bond donors (Lipinski definition) is 1. The zero-order valence-electron chi connectivity index (χ0n) is 13.9. The fourth-order valence-corrected chi connectivity index (χ4v) is 4.45. The van der Waals surface area contributed by atoms with Gasteiger partial charge in [-0.05, 0) is 18.6 Å². The molecule has 0 bridgehead atoms. The molecule has 0 aromatic heterocycles. The molecule has 136 valence electrons. The standard InChI is InChI=1S/C17H20ClFN2O3S/c1-3-11-25(22,23)21(14-10-9-13(19)16(20)15(14)18)17(24-2)12-7-5-4-6-8-12/h4-10,17H,3,11,20H2,1-2H3. The Morgan fingerprint density at radius 1 is 1.24 bits per heavy atom. The first-order chi connectivity index (χ1) is 11.8. The Kier molecular flexibility index (Phi) is 6.26. The van der Waals surface area contributed by atoms with Crippen LogP contribution in [0.4, 0.5) is 15.8 Å². The van der Waals surface area contributed by atoms with Crippen molar-refractivity contribution in [1.29, 1.82) is 0 Å². The van der Waals surface area contributed by atoms with E-state index in [1.165, 1.54) is 13.2 Å². The second-order valence-electron chi connectivity index (χ2n) is 5.40. The fraction of sp³-hybridized carbons (Fsp3) is 0.294. The quantitative estimate of drug-likeness (QED) is 0.577. The van der Waals surface area contributed by atoms with E-state index in [2.05, 4.69) is 0 Å². The van der Waals surface area contributed by atoms with Crippen LogP contribution in [0.5, 0.6) is 0 Å². The van der Waals surface area contributed by atoms with Crippen LogP contribution in [0.1, 0.15) is 25.1 Å². The summed E-state index contributed by atoms with van der Waals surface area (Å²) in [6.45, 7) is 1.75. The van der Waals surface area contributed by atoms with Gasteiger partial charge in [0.25, 0.3) is 0 Å². The average Bonchev–Trinajstić information content (AvgIpc) is 2.59. The smallest absolute Gasteiger partial charge is 0.237 e. The zero-order valence-corrected chi connectivity index (χ0v) is 15.5. The van der Waals surface area contributed by atoms with E-state index in [1.807, 2.05) is 6.07 Å². The van der Waals surface area contributed by atoms with Crippen molar-refractivity contribution in [2.75, 3.05) is 22.9 Å². The first-order valence-electron chi connectivity index (χ1n) is 7.66. The van der Waals surface area contributed by atoms with Gasteiger partial charge in [-0.15, -0.1) is 0 Å². The third-order valence-electron chi connectivity index (χ3n) is 3.63. The summed E-state index contributed by atoms with van der Waals surface area (Å²) in [5, 5.41) is -0.169. The molecule has 0 saturated carbocycles. The summed E-state index contributed by atoms with van der Waals surface area (Å²) in [5.74, 6) is -0.830. The van der Waals surface area contributed by atoms with Crippen LogP contribution >= 0.6 is 11.6 Å². The van der Waals surface area contributed by atoms with Crippen molar-refractivity contribution in [2.24, 2.45) is 0 Å². The number of sulfonamides is 1. The maximum absolute atomic E-state index is 13.7. The Balaban J connectivity index is 2.68. The van der Waals surface area contributed by atoms with Crippen LogP contribution in [0.15, 0.2) is 42.5 Å². The summed E-state index contributed by atoms with van der Waals surface area (Å²) in [7, 11) is -2.40. The number of methoxy groups -OCH3 is 1. The highest BCUT2D eigenvalue weighted by atomic mass is 35.5. The number of halogens is 2.